The van der Waals surface area contributed by atoms with Crippen molar-refractivity contribution >= 4 is 5.95 Å². The molecule has 2 heterocycles. The Balaban J connectivity index is 1.77. The van der Waals surface area contributed by atoms with Gasteiger partial charge in [0.25, 0.3) is 0 Å². The molecule has 114 valence electrons. The maximum Gasteiger partial charge on any atom is 0.204 e. The number of hydrogen-bond acceptors (Lipinski definition) is 4. The molecule has 0 amide bonds. The van der Waals surface area contributed by atoms with Crippen molar-refractivity contribution in [2.45, 2.75) is 32.9 Å². The highest BCUT2D eigenvalue weighted by molar-refractivity contribution is 5.30. The molecule has 1 fully saturated rings. The number of imidazole rings is 1. The van der Waals surface area contributed by atoms with Crippen LogP contribution in [0.2, 0.25) is 0 Å². The molecule has 2 rings (SSSR count). The van der Waals surface area contributed by atoms with Crippen LogP contribution in [0, 0.1) is 5.92 Å². The molecule has 0 saturated carbocycles. The molecule has 1 aliphatic heterocycles. The van der Waals surface area contributed by atoms with Crippen LogP contribution in [-0.4, -0.2) is 54.2 Å². The third kappa shape index (κ3) is 3.52. The Morgan fingerprint density at radius 3 is 2.75 bits per heavy atom. The average molecular weight is 279 g/mol. The molecule has 5 nitrogen and oxygen atoms in total. The summed E-state index contributed by atoms with van der Waals surface area (Å²) in [7, 11) is 6.13. The molecule has 1 aliphatic rings. The minimum Gasteiger partial charge on any atom is -0.348 e. The minimum absolute atomic E-state index is 0.680. The second-order valence-corrected chi connectivity index (χ2v) is 6.38. The number of hydrogen-bond donors (Lipinski definition) is 1. The quantitative estimate of drug-likeness (QED) is 0.852. The van der Waals surface area contributed by atoms with Crippen LogP contribution in [0.5, 0.6) is 0 Å². The predicted molar refractivity (Wildman–Crippen MR) is 84.1 cm³/mol. The van der Waals surface area contributed by atoms with Crippen molar-refractivity contribution in [2.24, 2.45) is 13.0 Å². The lowest BCUT2D eigenvalue weighted by Gasteiger charge is -2.20. The largest absolute Gasteiger partial charge is 0.348 e. The van der Waals surface area contributed by atoms with Gasteiger partial charge < -0.3 is 19.7 Å². The molecule has 1 atom stereocenters. The van der Waals surface area contributed by atoms with Crippen LogP contribution in [0.4, 0.5) is 5.95 Å². The van der Waals surface area contributed by atoms with Crippen LogP contribution < -0.4 is 10.2 Å². The Kier molecular flexibility index (Phi) is 5.05. The first-order valence-electron chi connectivity index (χ1n) is 7.61. The Bertz CT molecular complexity index is 424. The second kappa shape index (κ2) is 6.59. The van der Waals surface area contributed by atoms with Gasteiger partial charge in [0.1, 0.15) is 0 Å². The van der Waals surface area contributed by atoms with E-state index in [0.717, 1.165) is 25.0 Å². The Morgan fingerprint density at radius 2 is 2.20 bits per heavy atom. The topological polar surface area (TPSA) is 36.3 Å². The van der Waals surface area contributed by atoms with Gasteiger partial charge >= 0.3 is 0 Å². The molecule has 0 aliphatic carbocycles. The van der Waals surface area contributed by atoms with Gasteiger partial charge in [-0.25, -0.2) is 4.98 Å². The third-order valence-electron chi connectivity index (χ3n) is 4.25. The number of likely N-dealkylation sites (tertiary alicyclic amines) is 1. The van der Waals surface area contributed by atoms with Gasteiger partial charge in [-0.2, -0.15) is 0 Å². The summed E-state index contributed by atoms with van der Waals surface area (Å²) in [6.45, 7) is 9.06. The highest BCUT2D eigenvalue weighted by Gasteiger charge is 2.23. The van der Waals surface area contributed by atoms with E-state index in [1.807, 2.05) is 25.2 Å². The molecule has 0 bridgehead atoms. The summed E-state index contributed by atoms with van der Waals surface area (Å²) in [5.41, 5.74) is 1.24. The zero-order valence-electron chi connectivity index (χ0n) is 13.6. The summed E-state index contributed by atoms with van der Waals surface area (Å²) < 4.78 is 2.15. The summed E-state index contributed by atoms with van der Waals surface area (Å²) >= 11 is 0. The van der Waals surface area contributed by atoms with Gasteiger partial charge in [0.15, 0.2) is 0 Å². The zero-order chi connectivity index (χ0) is 14.7. The van der Waals surface area contributed by atoms with E-state index in [2.05, 4.69) is 40.7 Å². The molecule has 1 saturated heterocycles. The molecular weight excluding hydrogens is 250 g/mol. The first kappa shape index (κ1) is 15.3. The van der Waals surface area contributed by atoms with Gasteiger partial charge in [-0.1, -0.05) is 0 Å². The second-order valence-electron chi connectivity index (χ2n) is 6.38. The molecule has 0 spiro atoms. The highest BCUT2D eigenvalue weighted by atomic mass is 15.3. The van der Waals surface area contributed by atoms with Crippen LogP contribution in [0.15, 0.2) is 6.20 Å². The monoisotopic (exact) mass is 279 g/mol. The van der Waals surface area contributed by atoms with Gasteiger partial charge in [-0.15, -0.1) is 0 Å². The van der Waals surface area contributed by atoms with Crippen LogP contribution in [0.25, 0.3) is 0 Å². The SMILES string of the molecule is CC(C)N1CCC(CNCc2cnc(N(C)C)n2C)C1. The van der Waals surface area contributed by atoms with Crippen molar-refractivity contribution in [1.82, 2.24) is 19.8 Å². The molecule has 5 heteroatoms. The molecule has 1 unspecified atom stereocenters. The number of nitrogens with zero attached hydrogens (tertiary/aromatic N) is 4. The van der Waals surface area contributed by atoms with E-state index in [-0.39, 0.29) is 0 Å². The molecule has 0 radical (unpaired) electrons. The van der Waals surface area contributed by atoms with Gasteiger partial charge in [0, 0.05) is 40.3 Å². The zero-order valence-corrected chi connectivity index (χ0v) is 13.6. The van der Waals surface area contributed by atoms with Crippen molar-refractivity contribution in [3.63, 3.8) is 0 Å². The fraction of sp³-hybridized carbons (Fsp3) is 0.800. The van der Waals surface area contributed by atoms with E-state index < -0.39 is 0 Å². The van der Waals surface area contributed by atoms with E-state index in [0.29, 0.717) is 6.04 Å². The van der Waals surface area contributed by atoms with E-state index in [1.165, 1.54) is 25.2 Å². The standard InChI is InChI=1S/C15H29N5/c1-12(2)20-7-6-13(11-20)8-16-9-14-10-17-15(18(3)4)19(14)5/h10,12-13,16H,6-9,11H2,1-5H3. The van der Waals surface area contributed by atoms with Crippen LogP contribution in [0.1, 0.15) is 26.0 Å². The maximum absolute atomic E-state index is 4.44. The first-order valence-corrected chi connectivity index (χ1v) is 7.61. The molecule has 1 aromatic rings. The number of rotatable bonds is 6. The lowest BCUT2D eigenvalue weighted by molar-refractivity contribution is 0.264. The summed E-state index contributed by atoms with van der Waals surface area (Å²) in [4.78, 5) is 9.05. The molecule has 0 aromatic carbocycles. The Morgan fingerprint density at radius 1 is 1.45 bits per heavy atom. The van der Waals surface area contributed by atoms with Crippen molar-refractivity contribution in [3.05, 3.63) is 11.9 Å². The van der Waals surface area contributed by atoms with Crippen LogP contribution in [-0.2, 0) is 13.6 Å². The predicted octanol–water partition coefficient (Wildman–Crippen LogP) is 1.31. The Hall–Kier alpha value is -1.07. The van der Waals surface area contributed by atoms with Crippen LogP contribution >= 0.6 is 0 Å². The fourth-order valence-electron chi connectivity index (χ4n) is 2.92. The van der Waals surface area contributed by atoms with Gasteiger partial charge in [0.05, 0.1) is 11.9 Å². The summed E-state index contributed by atoms with van der Waals surface area (Å²) in [6.07, 6.45) is 3.29. The van der Waals surface area contributed by atoms with Crippen molar-refractivity contribution in [1.29, 1.82) is 0 Å². The minimum atomic E-state index is 0.680. The van der Waals surface area contributed by atoms with Gasteiger partial charge in [0.2, 0.25) is 5.95 Å². The molecule has 1 aromatic heterocycles. The lowest BCUT2D eigenvalue weighted by atomic mass is 10.1. The summed E-state index contributed by atoms with van der Waals surface area (Å²) in [6, 6.07) is 0.680. The summed E-state index contributed by atoms with van der Waals surface area (Å²) in [5, 5.41) is 3.59. The van der Waals surface area contributed by atoms with E-state index in [4.69, 9.17) is 0 Å². The Labute approximate surface area is 123 Å². The van der Waals surface area contributed by atoms with Gasteiger partial charge in [-0.3, -0.25) is 0 Å². The third-order valence-corrected chi connectivity index (χ3v) is 4.25. The maximum atomic E-state index is 4.44. The molecular formula is C15H29N5. The van der Waals surface area contributed by atoms with E-state index >= 15 is 0 Å². The lowest BCUT2D eigenvalue weighted by Crippen LogP contribution is -2.30. The van der Waals surface area contributed by atoms with Crippen molar-refractivity contribution in [2.75, 3.05) is 38.6 Å². The molecule has 1 N–H and O–H groups in total. The smallest absolute Gasteiger partial charge is 0.204 e. The average Bonchev–Trinajstić information content (AvgIpc) is 2.97. The van der Waals surface area contributed by atoms with E-state index in [1.54, 1.807) is 0 Å². The number of anilines is 1. The van der Waals surface area contributed by atoms with E-state index in [9.17, 15) is 0 Å². The first-order chi connectivity index (χ1) is 9.49. The number of nitrogens with one attached hydrogen (secondary N) is 1. The van der Waals surface area contributed by atoms with Crippen molar-refractivity contribution in [3.8, 4) is 0 Å². The van der Waals surface area contributed by atoms with Gasteiger partial charge in [-0.05, 0) is 39.3 Å². The highest BCUT2D eigenvalue weighted by Crippen LogP contribution is 2.18. The fourth-order valence-corrected chi connectivity index (χ4v) is 2.92. The number of aromatic nitrogens is 2. The van der Waals surface area contributed by atoms with Crippen molar-refractivity contribution < 1.29 is 0 Å². The normalized spacial score (nSPS) is 20.0. The van der Waals surface area contributed by atoms with Crippen LogP contribution in [0.3, 0.4) is 0 Å². The molecule has 20 heavy (non-hydrogen) atoms. The summed E-state index contributed by atoms with van der Waals surface area (Å²) in [5.74, 6) is 1.80.